The van der Waals surface area contributed by atoms with Gasteiger partial charge in [0.25, 0.3) is 0 Å². The summed E-state index contributed by atoms with van der Waals surface area (Å²) >= 11 is 0. The molecule has 0 unspecified atom stereocenters. The fraction of sp³-hybridized carbons (Fsp3) is 0.400. The summed E-state index contributed by atoms with van der Waals surface area (Å²) in [6.45, 7) is 3.89. The van der Waals surface area contributed by atoms with Crippen molar-refractivity contribution in [2.24, 2.45) is 0 Å². The Morgan fingerprint density at radius 3 is 2.72 bits per heavy atom. The van der Waals surface area contributed by atoms with Gasteiger partial charge in [-0.3, -0.25) is 0 Å². The fourth-order valence-electron chi connectivity index (χ4n) is 1.87. The molecule has 0 heterocycles. The highest BCUT2D eigenvalue weighted by atomic mass is 16.5. The molecule has 0 radical (unpaired) electrons. The molecule has 0 amide bonds. The van der Waals surface area contributed by atoms with E-state index in [9.17, 15) is 9.90 Å². The number of aliphatic hydroxyl groups is 1. The second-order valence-electron chi connectivity index (χ2n) is 4.16. The normalized spacial score (nSPS) is 11.4. The predicted molar refractivity (Wildman–Crippen MR) is 72.0 cm³/mol. The largest absolute Gasteiger partial charge is 0.465 e. The van der Waals surface area contributed by atoms with Crippen molar-refractivity contribution < 1.29 is 14.6 Å². The van der Waals surface area contributed by atoms with Gasteiger partial charge in [-0.15, -0.1) is 0 Å². The van der Waals surface area contributed by atoms with Crippen molar-refractivity contribution in [1.29, 1.82) is 0 Å². The number of carbonyl (C=O) groups is 1. The van der Waals surface area contributed by atoms with Crippen LogP contribution in [0.2, 0.25) is 0 Å². The molecule has 0 aliphatic rings. The van der Waals surface area contributed by atoms with Crippen LogP contribution >= 0.6 is 0 Å². The van der Waals surface area contributed by atoms with Crippen LogP contribution in [0.25, 0.3) is 5.57 Å². The SMILES string of the molecule is CCC/C=C(\C(=O)OC)c1cccc(C)c1CO. The standard InChI is InChI=1S/C15H20O3/c1-4-5-8-13(15(17)18-3)12-9-6-7-11(2)14(12)10-16/h6-9,16H,4-5,10H2,1-3H3/b13-8-. The molecular formula is C15H20O3. The number of unbranched alkanes of at least 4 members (excludes halogenated alkanes) is 1. The quantitative estimate of drug-likeness (QED) is 0.644. The van der Waals surface area contributed by atoms with Crippen molar-refractivity contribution in [2.75, 3.05) is 7.11 Å². The highest BCUT2D eigenvalue weighted by Crippen LogP contribution is 2.24. The van der Waals surface area contributed by atoms with Crippen molar-refractivity contribution >= 4 is 11.5 Å². The number of benzene rings is 1. The lowest BCUT2D eigenvalue weighted by Gasteiger charge is -2.12. The van der Waals surface area contributed by atoms with E-state index in [-0.39, 0.29) is 12.6 Å². The van der Waals surface area contributed by atoms with Crippen LogP contribution in [0, 0.1) is 6.92 Å². The number of ether oxygens (including phenoxy) is 1. The number of aliphatic hydroxyl groups excluding tert-OH is 1. The average Bonchev–Trinajstić information content (AvgIpc) is 2.39. The maximum absolute atomic E-state index is 11.8. The van der Waals surface area contributed by atoms with E-state index in [0.717, 1.165) is 29.5 Å². The molecule has 0 aliphatic carbocycles. The van der Waals surface area contributed by atoms with E-state index in [1.165, 1.54) is 7.11 Å². The second-order valence-corrected chi connectivity index (χ2v) is 4.16. The van der Waals surface area contributed by atoms with Crippen molar-refractivity contribution in [3.63, 3.8) is 0 Å². The summed E-state index contributed by atoms with van der Waals surface area (Å²) < 4.78 is 4.81. The van der Waals surface area contributed by atoms with Crippen LogP contribution in [0.15, 0.2) is 24.3 Å². The maximum Gasteiger partial charge on any atom is 0.338 e. The lowest BCUT2D eigenvalue weighted by Crippen LogP contribution is -2.07. The van der Waals surface area contributed by atoms with Crippen LogP contribution in [0.3, 0.4) is 0 Å². The molecule has 0 atom stereocenters. The van der Waals surface area contributed by atoms with Gasteiger partial charge in [0.2, 0.25) is 0 Å². The molecule has 0 saturated heterocycles. The summed E-state index contributed by atoms with van der Waals surface area (Å²) in [6, 6.07) is 5.65. The highest BCUT2D eigenvalue weighted by Gasteiger charge is 2.16. The number of rotatable bonds is 5. The highest BCUT2D eigenvalue weighted by molar-refractivity contribution is 6.16. The Morgan fingerprint density at radius 2 is 2.17 bits per heavy atom. The van der Waals surface area contributed by atoms with E-state index in [4.69, 9.17) is 4.74 Å². The van der Waals surface area contributed by atoms with Crippen molar-refractivity contribution in [3.05, 3.63) is 41.0 Å². The molecule has 0 saturated carbocycles. The Hall–Kier alpha value is -1.61. The first kappa shape index (κ1) is 14.5. The van der Waals surface area contributed by atoms with Crippen LogP contribution in [-0.2, 0) is 16.1 Å². The predicted octanol–water partition coefficient (Wildman–Crippen LogP) is 2.84. The van der Waals surface area contributed by atoms with E-state index in [1.807, 2.05) is 31.2 Å². The van der Waals surface area contributed by atoms with Crippen molar-refractivity contribution in [2.45, 2.75) is 33.3 Å². The Bertz CT molecular complexity index is 447. The lowest BCUT2D eigenvalue weighted by molar-refractivity contribution is -0.133. The number of hydrogen-bond acceptors (Lipinski definition) is 3. The zero-order chi connectivity index (χ0) is 13.5. The third kappa shape index (κ3) is 3.20. The van der Waals surface area contributed by atoms with E-state index in [1.54, 1.807) is 0 Å². The fourth-order valence-corrected chi connectivity index (χ4v) is 1.87. The Kier molecular flexibility index (Phi) is 5.59. The summed E-state index contributed by atoms with van der Waals surface area (Å²) in [7, 11) is 1.37. The Balaban J connectivity index is 3.29. The lowest BCUT2D eigenvalue weighted by atomic mass is 9.95. The number of esters is 1. The summed E-state index contributed by atoms with van der Waals surface area (Å²) in [5.41, 5.74) is 3.05. The molecule has 0 fully saturated rings. The van der Waals surface area contributed by atoms with Crippen molar-refractivity contribution in [1.82, 2.24) is 0 Å². The van der Waals surface area contributed by atoms with Gasteiger partial charge >= 0.3 is 5.97 Å². The molecular weight excluding hydrogens is 228 g/mol. The molecule has 3 nitrogen and oxygen atoms in total. The molecule has 1 aromatic rings. The maximum atomic E-state index is 11.8. The minimum absolute atomic E-state index is 0.0809. The molecule has 0 aliphatic heterocycles. The number of aryl methyl sites for hydroxylation is 1. The van der Waals surface area contributed by atoms with Gasteiger partial charge in [0.05, 0.1) is 19.3 Å². The third-order valence-electron chi connectivity index (χ3n) is 2.90. The van der Waals surface area contributed by atoms with Crippen LogP contribution in [-0.4, -0.2) is 18.2 Å². The summed E-state index contributed by atoms with van der Waals surface area (Å²) in [6.07, 6.45) is 3.64. The average molecular weight is 248 g/mol. The van der Waals surface area contributed by atoms with Gasteiger partial charge in [-0.25, -0.2) is 4.79 Å². The molecule has 98 valence electrons. The minimum atomic E-state index is -0.358. The number of hydrogen-bond donors (Lipinski definition) is 1. The van der Waals surface area contributed by atoms with Gasteiger partial charge in [-0.05, 0) is 30.0 Å². The van der Waals surface area contributed by atoms with Crippen LogP contribution in [0.5, 0.6) is 0 Å². The number of methoxy groups -OCH3 is 1. The molecule has 1 aromatic carbocycles. The van der Waals surface area contributed by atoms with Crippen LogP contribution in [0.1, 0.15) is 36.5 Å². The van der Waals surface area contributed by atoms with E-state index in [2.05, 4.69) is 6.92 Å². The zero-order valence-electron chi connectivity index (χ0n) is 11.2. The van der Waals surface area contributed by atoms with Gasteiger partial charge in [0, 0.05) is 0 Å². The molecule has 0 aromatic heterocycles. The van der Waals surface area contributed by atoms with Crippen LogP contribution in [0.4, 0.5) is 0 Å². The number of carbonyl (C=O) groups excluding carboxylic acids is 1. The molecule has 0 spiro atoms. The third-order valence-corrected chi connectivity index (χ3v) is 2.90. The van der Waals surface area contributed by atoms with E-state index < -0.39 is 0 Å². The van der Waals surface area contributed by atoms with Gasteiger partial charge in [-0.1, -0.05) is 37.6 Å². The number of allylic oxidation sites excluding steroid dienone is 1. The first-order valence-corrected chi connectivity index (χ1v) is 6.13. The molecule has 3 heteroatoms. The van der Waals surface area contributed by atoms with Gasteiger partial charge < -0.3 is 9.84 Å². The van der Waals surface area contributed by atoms with E-state index in [0.29, 0.717) is 5.57 Å². The topological polar surface area (TPSA) is 46.5 Å². The van der Waals surface area contributed by atoms with Gasteiger partial charge in [0.15, 0.2) is 0 Å². The zero-order valence-corrected chi connectivity index (χ0v) is 11.2. The van der Waals surface area contributed by atoms with Crippen molar-refractivity contribution in [3.8, 4) is 0 Å². The monoisotopic (exact) mass is 248 g/mol. The summed E-state index contributed by atoms with van der Waals surface area (Å²) in [4.78, 5) is 11.8. The first-order chi connectivity index (χ1) is 8.65. The second kappa shape index (κ2) is 6.97. The smallest absolute Gasteiger partial charge is 0.338 e. The Morgan fingerprint density at radius 1 is 1.44 bits per heavy atom. The minimum Gasteiger partial charge on any atom is -0.465 e. The molecule has 0 bridgehead atoms. The molecule has 18 heavy (non-hydrogen) atoms. The van der Waals surface area contributed by atoms with Gasteiger partial charge in [0.1, 0.15) is 0 Å². The Labute approximate surface area is 108 Å². The molecule has 1 rings (SSSR count). The van der Waals surface area contributed by atoms with E-state index >= 15 is 0 Å². The first-order valence-electron chi connectivity index (χ1n) is 6.13. The molecule has 1 N–H and O–H groups in total. The van der Waals surface area contributed by atoms with Crippen LogP contribution < -0.4 is 0 Å². The summed E-state index contributed by atoms with van der Waals surface area (Å²) in [5.74, 6) is -0.358. The van der Waals surface area contributed by atoms with Gasteiger partial charge in [-0.2, -0.15) is 0 Å². The summed E-state index contributed by atoms with van der Waals surface area (Å²) in [5, 5.41) is 9.45.